The third kappa shape index (κ3) is 3.61. The maximum atomic E-state index is 4.32. The number of aromatic nitrogens is 1. The molecular weight excluding hydrogens is 242 g/mol. The maximum absolute atomic E-state index is 4.32. The summed E-state index contributed by atoms with van der Waals surface area (Å²) in [6.45, 7) is 2.17. The number of hydrogen-bond donors (Lipinski definition) is 0. The van der Waals surface area contributed by atoms with Crippen molar-refractivity contribution < 1.29 is 11.0 Å². The van der Waals surface area contributed by atoms with Crippen LogP contribution in [0.15, 0.2) is 40.7 Å². The molecule has 16 heavy (non-hydrogen) atoms. The Morgan fingerprint density at radius 2 is 2.00 bits per heavy atom. The second kappa shape index (κ2) is 7.40. The minimum Gasteiger partial charge on any atom is -0.412 e. The number of pyridine rings is 1. The molecule has 0 fully saturated rings. The van der Waals surface area contributed by atoms with Gasteiger partial charge in [0.15, 0.2) is 0 Å². The van der Waals surface area contributed by atoms with E-state index < -0.39 is 0 Å². The van der Waals surface area contributed by atoms with Crippen molar-refractivity contribution in [3.8, 4) is 10.6 Å². The van der Waals surface area contributed by atoms with Crippen LogP contribution in [-0.2, 0) is 0 Å². The molecule has 0 bridgehead atoms. The number of nitrogens with zero attached hydrogens (tertiary/aromatic N) is 1. The van der Waals surface area contributed by atoms with Crippen LogP contribution in [0.2, 0.25) is 0 Å². The lowest BCUT2D eigenvalue weighted by Gasteiger charge is -1.93. The summed E-state index contributed by atoms with van der Waals surface area (Å²) in [6, 6.07) is 10.3. The van der Waals surface area contributed by atoms with Crippen LogP contribution < -0.4 is 0 Å². The molecule has 0 amide bonds. The van der Waals surface area contributed by atoms with Gasteiger partial charge in [0, 0.05) is 6.20 Å². The van der Waals surface area contributed by atoms with Crippen LogP contribution in [0.1, 0.15) is 6.92 Å². The Hall–Kier alpha value is -0.880. The maximum Gasteiger partial charge on any atom is 0.0802 e. The molecule has 3 nitrogen and oxygen atoms in total. The molecule has 0 aliphatic carbocycles. The molecule has 0 aromatic carbocycles. The fourth-order valence-corrected chi connectivity index (χ4v) is 3.21. The molecule has 0 radical (unpaired) electrons. The van der Waals surface area contributed by atoms with Crippen molar-refractivity contribution in [1.82, 2.24) is 4.98 Å². The summed E-state index contributed by atoms with van der Waals surface area (Å²) in [5.74, 6) is 1.13. The quantitative estimate of drug-likeness (QED) is 0.791. The average molecular weight is 257 g/mol. The van der Waals surface area contributed by atoms with Gasteiger partial charge >= 0.3 is 0 Å². The third-order valence-corrected chi connectivity index (χ3v) is 4.00. The van der Waals surface area contributed by atoms with E-state index in [1.807, 2.05) is 47.5 Å². The molecule has 4 N–H and O–H groups in total. The predicted octanol–water partition coefficient (Wildman–Crippen LogP) is 2.27. The van der Waals surface area contributed by atoms with Gasteiger partial charge in [0.1, 0.15) is 0 Å². The summed E-state index contributed by atoms with van der Waals surface area (Å²) in [6.07, 6.45) is 1.84. The molecule has 0 spiro atoms. The zero-order valence-electron chi connectivity index (χ0n) is 8.93. The van der Waals surface area contributed by atoms with Gasteiger partial charge in [-0.15, -0.1) is 23.1 Å². The van der Waals surface area contributed by atoms with Crippen LogP contribution in [0.4, 0.5) is 0 Å². The Kier molecular flexibility index (Phi) is 7.00. The van der Waals surface area contributed by atoms with Crippen molar-refractivity contribution in [3.63, 3.8) is 0 Å². The first-order valence-corrected chi connectivity index (χ1v) is 6.34. The topological polar surface area (TPSA) is 75.9 Å². The van der Waals surface area contributed by atoms with Crippen LogP contribution in [0, 0.1) is 0 Å². The lowest BCUT2D eigenvalue weighted by molar-refractivity contribution is 0.823. The van der Waals surface area contributed by atoms with E-state index in [0.29, 0.717) is 0 Å². The Morgan fingerprint density at radius 1 is 1.19 bits per heavy atom. The number of thiophene rings is 1. The van der Waals surface area contributed by atoms with Crippen LogP contribution >= 0.6 is 23.1 Å². The van der Waals surface area contributed by atoms with Crippen molar-refractivity contribution in [3.05, 3.63) is 36.5 Å². The Bertz CT molecular complexity index is 403. The first kappa shape index (κ1) is 15.1. The molecule has 0 saturated heterocycles. The van der Waals surface area contributed by atoms with Gasteiger partial charge in [-0.1, -0.05) is 13.0 Å². The average Bonchev–Trinajstić information content (AvgIpc) is 2.68. The van der Waals surface area contributed by atoms with Crippen molar-refractivity contribution >= 4 is 23.1 Å². The molecule has 0 saturated carbocycles. The molecular formula is C11H15NO2S2. The second-order valence-corrected chi connectivity index (χ2v) is 5.41. The van der Waals surface area contributed by atoms with Gasteiger partial charge in [-0.25, -0.2) is 0 Å². The van der Waals surface area contributed by atoms with Gasteiger partial charge in [-0.05, 0) is 30.0 Å². The van der Waals surface area contributed by atoms with E-state index in [9.17, 15) is 0 Å². The van der Waals surface area contributed by atoms with Crippen molar-refractivity contribution in [1.29, 1.82) is 0 Å². The first-order valence-electron chi connectivity index (χ1n) is 4.54. The molecule has 0 aliphatic rings. The van der Waals surface area contributed by atoms with Crippen LogP contribution in [0.25, 0.3) is 10.6 Å². The van der Waals surface area contributed by atoms with Gasteiger partial charge in [0.05, 0.1) is 14.8 Å². The molecule has 5 heteroatoms. The summed E-state index contributed by atoms with van der Waals surface area (Å²) in [4.78, 5) is 5.58. The van der Waals surface area contributed by atoms with E-state index in [4.69, 9.17) is 0 Å². The van der Waals surface area contributed by atoms with Crippen LogP contribution in [-0.4, -0.2) is 21.7 Å². The Morgan fingerprint density at radius 3 is 2.62 bits per heavy atom. The minimum atomic E-state index is 0. The fraction of sp³-hybridized carbons (Fsp3) is 0.182. The number of thioether (sulfide) groups is 1. The van der Waals surface area contributed by atoms with E-state index in [2.05, 4.69) is 24.0 Å². The summed E-state index contributed by atoms with van der Waals surface area (Å²) in [5.41, 5.74) is 1.07. The van der Waals surface area contributed by atoms with E-state index >= 15 is 0 Å². The highest BCUT2D eigenvalue weighted by molar-refractivity contribution is 8.01. The molecule has 2 rings (SSSR count). The number of rotatable bonds is 3. The van der Waals surface area contributed by atoms with Gasteiger partial charge < -0.3 is 11.0 Å². The highest BCUT2D eigenvalue weighted by atomic mass is 32.2. The van der Waals surface area contributed by atoms with Crippen molar-refractivity contribution in [2.45, 2.75) is 11.1 Å². The predicted molar refractivity (Wildman–Crippen MR) is 71.2 cm³/mol. The van der Waals surface area contributed by atoms with Gasteiger partial charge in [0.2, 0.25) is 0 Å². The zero-order chi connectivity index (χ0) is 9.80. The molecule has 2 aromatic rings. The molecule has 2 aromatic heterocycles. The van der Waals surface area contributed by atoms with E-state index in [0.717, 1.165) is 11.4 Å². The van der Waals surface area contributed by atoms with Crippen molar-refractivity contribution in [2.24, 2.45) is 0 Å². The zero-order valence-corrected chi connectivity index (χ0v) is 10.6. The Labute approximate surface area is 103 Å². The third-order valence-electron chi connectivity index (χ3n) is 1.79. The van der Waals surface area contributed by atoms with E-state index in [-0.39, 0.29) is 11.0 Å². The first-order chi connectivity index (χ1) is 6.90. The summed E-state index contributed by atoms with van der Waals surface area (Å²) in [7, 11) is 0. The monoisotopic (exact) mass is 257 g/mol. The van der Waals surface area contributed by atoms with Gasteiger partial charge in [-0.3, -0.25) is 4.98 Å². The highest BCUT2D eigenvalue weighted by Crippen LogP contribution is 2.32. The van der Waals surface area contributed by atoms with Gasteiger partial charge in [-0.2, -0.15) is 0 Å². The summed E-state index contributed by atoms with van der Waals surface area (Å²) in [5, 5.41) is 0. The molecule has 0 unspecified atom stereocenters. The van der Waals surface area contributed by atoms with Crippen LogP contribution in [0.3, 0.4) is 0 Å². The highest BCUT2D eigenvalue weighted by Gasteiger charge is 2.02. The molecule has 88 valence electrons. The largest absolute Gasteiger partial charge is 0.412 e. The van der Waals surface area contributed by atoms with E-state index in [1.54, 1.807) is 0 Å². The van der Waals surface area contributed by atoms with Gasteiger partial charge in [0.25, 0.3) is 0 Å². The molecule has 0 atom stereocenters. The lowest BCUT2D eigenvalue weighted by Crippen LogP contribution is -1.75. The normalized spacial score (nSPS) is 9.06. The summed E-state index contributed by atoms with van der Waals surface area (Å²) >= 11 is 3.69. The standard InChI is InChI=1S/C11H11NS2.2H2O/c1-2-13-11-7-6-10(14-11)9-5-3-4-8-12-9;;/h3-8H,2H2,1H3;2*1H2. The molecule has 0 aliphatic heterocycles. The molecule has 2 heterocycles. The minimum absolute atomic E-state index is 0. The SMILES string of the molecule is CCSc1ccc(-c2ccccn2)s1.O.O. The second-order valence-electron chi connectivity index (χ2n) is 2.77. The fourth-order valence-electron chi connectivity index (χ4n) is 1.19. The van der Waals surface area contributed by atoms with Crippen molar-refractivity contribution in [2.75, 3.05) is 5.75 Å². The Balaban J connectivity index is 0.00000112. The summed E-state index contributed by atoms with van der Waals surface area (Å²) < 4.78 is 1.37. The van der Waals surface area contributed by atoms with E-state index in [1.165, 1.54) is 9.09 Å². The van der Waals surface area contributed by atoms with Crippen LogP contribution in [0.5, 0.6) is 0 Å². The lowest BCUT2D eigenvalue weighted by atomic mass is 10.3. The number of hydrogen-bond acceptors (Lipinski definition) is 3. The smallest absolute Gasteiger partial charge is 0.0802 e.